The predicted octanol–water partition coefficient (Wildman–Crippen LogP) is 3.40. The number of hydrogen-bond acceptors (Lipinski definition) is 3. The number of nitrogens with one attached hydrogen (secondary N) is 2. The van der Waals surface area contributed by atoms with Gasteiger partial charge in [0.05, 0.1) is 5.69 Å². The summed E-state index contributed by atoms with van der Waals surface area (Å²) >= 11 is 11.7. The van der Waals surface area contributed by atoms with Gasteiger partial charge < -0.3 is 15.4 Å². The van der Waals surface area contributed by atoms with Crippen molar-refractivity contribution in [1.29, 1.82) is 0 Å². The van der Waals surface area contributed by atoms with Gasteiger partial charge in [-0.1, -0.05) is 35.3 Å². The second kappa shape index (κ2) is 6.34. The van der Waals surface area contributed by atoms with E-state index in [1.54, 1.807) is 42.5 Å². The number of benzene rings is 2. The van der Waals surface area contributed by atoms with Crippen molar-refractivity contribution < 1.29 is 14.3 Å². The summed E-state index contributed by atoms with van der Waals surface area (Å²) in [6.45, 7) is 1.69. The molecule has 124 valence electrons. The van der Waals surface area contributed by atoms with E-state index in [1.165, 1.54) is 6.92 Å². The standard InChI is InChI=1S/C17H14Cl2N2O3/c1-17(15(22)20-9-10-2-4-11(18)5-3-10)16(23)21-13-8-12(19)6-7-14(13)24-17/h2-8H,9H2,1H3,(H,20,22)(H,21,23). The Balaban J connectivity index is 1.74. The van der Waals surface area contributed by atoms with Crippen LogP contribution < -0.4 is 15.4 Å². The smallest absolute Gasteiger partial charge is 0.278 e. The fourth-order valence-corrected chi connectivity index (χ4v) is 2.60. The van der Waals surface area contributed by atoms with Crippen LogP contribution in [0, 0.1) is 0 Å². The number of amides is 2. The van der Waals surface area contributed by atoms with Crippen LogP contribution in [0.1, 0.15) is 12.5 Å². The summed E-state index contributed by atoms with van der Waals surface area (Å²) in [6.07, 6.45) is 0. The fourth-order valence-electron chi connectivity index (χ4n) is 2.30. The molecule has 2 amide bonds. The van der Waals surface area contributed by atoms with Crippen LogP contribution in [-0.4, -0.2) is 17.4 Å². The lowest BCUT2D eigenvalue weighted by Gasteiger charge is -2.33. The lowest BCUT2D eigenvalue weighted by atomic mass is 10.0. The zero-order valence-corrected chi connectivity index (χ0v) is 14.2. The van der Waals surface area contributed by atoms with Crippen LogP contribution >= 0.6 is 23.2 Å². The molecule has 24 heavy (non-hydrogen) atoms. The van der Waals surface area contributed by atoms with E-state index < -0.39 is 17.4 Å². The summed E-state index contributed by atoms with van der Waals surface area (Å²) < 4.78 is 5.65. The quantitative estimate of drug-likeness (QED) is 0.820. The van der Waals surface area contributed by atoms with Gasteiger partial charge in [0, 0.05) is 16.6 Å². The molecule has 1 aliphatic rings. The maximum Gasteiger partial charge on any atom is 0.278 e. The normalized spacial score (nSPS) is 19.0. The first kappa shape index (κ1) is 16.6. The number of rotatable bonds is 3. The van der Waals surface area contributed by atoms with Crippen LogP contribution in [0.15, 0.2) is 42.5 Å². The van der Waals surface area contributed by atoms with Gasteiger partial charge in [0.1, 0.15) is 5.75 Å². The molecular weight excluding hydrogens is 351 g/mol. The van der Waals surface area contributed by atoms with Crippen LogP contribution in [0.5, 0.6) is 5.75 Å². The number of ether oxygens (including phenoxy) is 1. The highest BCUT2D eigenvalue weighted by Gasteiger charge is 2.47. The molecule has 0 aromatic heterocycles. The summed E-state index contributed by atoms with van der Waals surface area (Å²) in [5.74, 6) is -0.690. The monoisotopic (exact) mass is 364 g/mol. The van der Waals surface area contributed by atoms with Crippen molar-refractivity contribution in [2.75, 3.05) is 5.32 Å². The SMILES string of the molecule is CC1(C(=O)NCc2ccc(Cl)cc2)Oc2ccc(Cl)cc2NC1=O. The summed E-state index contributed by atoms with van der Waals surface area (Å²) in [5, 5.41) is 6.44. The molecule has 7 heteroatoms. The fraction of sp³-hybridized carbons (Fsp3) is 0.176. The Bertz CT molecular complexity index is 808. The highest BCUT2D eigenvalue weighted by atomic mass is 35.5. The van der Waals surface area contributed by atoms with E-state index in [-0.39, 0.29) is 6.54 Å². The molecule has 0 bridgehead atoms. The Morgan fingerprint density at radius 1 is 1.17 bits per heavy atom. The Morgan fingerprint density at radius 3 is 2.54 bits per heavy atom. The van der Waals surface area contributed by atoms with Crippen molar-refractivity contribution >= 4 is 40.7 Å². The van der Waals surface area contributed by atoms with Gasteiger partial charge in [0.25, 0.3) is 17.4 Å². The molecule has 1 aliphatic heterocycles. The minimum Gasteiger partial charge on any atom is -0.466 e. The zero-order chi connectivity index (χ0) is 17.3. The van der Waals surface area contributed by atoms with E-state index in [9.17, 15) is 9.59 Å². The lowest BCUT2D eigenvalue weighted by Crippen LogP contribution is -2.58. The highest BCUT2D eigenvalue weighted by molar-refractivity contribution is 6.31. The molecule has 0 spiro atoms. The summed E-state index contributed by atoms with van der Waals surface area (Å²) in [6, 6.07) is 11.9. The van der Waals surface area contributed by atoms with Crippen molar-refractivity contribution in [3.05, 3.63) is 58.1 Å². The number of fused-ring (bicyclic) bond motifs is 1. The van der Waals surface area contributed by atoms with Crippen LogP contribution in [0.4, 0.5) is 5.69 Å². The molecule has 2 aromatic rings. The molecule has 5 nitrogen and oxygen atoms in total. The number of carbonyl (C=O) groups is 2. The van der Waals surface area contributed by atoms with Crippen LogP contribution in [0.2, 0.25) is 10.0 Å². The molecule has 1 atom stereocenters. The number of carbonyl (C=O) groups excluding carboxylic acids is 2. The first-order valence-corrected chi connectivity index (χ1v) is 7.97. The average molecular weight is 365 g/mol. The Morgan fingerprint density at radius 2 is 1.83 bits per heavy atom. The second-order valence-corrected chi connectivity index (χ2v) is 6.41. The molecule has 0 saturated heterocycles. The maximum atomic E-state index is 12.5. The number of hydrogen-bond donors (Lipinski definition) is 2. The van der Waals surface area contributed by atoms with Gasteiger partial charge >= 0.3 is 0 Å². The molecule has 1 unspecified atom stereocenters. The Hall–Kier alpha value is -2.24. The van der Waals surface area contributed by atoms with E-state index in [2.05, 4.69) is 10.6 Å². The minimum absolute atomic E-state index is 0.260. The predicted molar refractivity (Wildman–Crippen MR) is 92.4 cm³/mol. The first-order chi connectivity index (χ1) is 11.4. The van der Waals surface area contributed by atoms with Crippen molar-refractivity contribution in [2.45, 2.75) is 19.1 Å². The van der Waals surface area contributed by atoms with Crippen LogP contribution in [0.25, 0.3) is 0 Å². The highest BCUT2D eigenvalue weighted by Crippen LogP contribution is 2.35. The average Bonchev–Trinajstić information content (AvgIpc) is 2.55. The van der Waals surface area contributed by atoms with E-state index in [0.29, 0.717) is 21.5 Å². The van der Waals surface area contributed by atoms with E-state index in [0.717, 1.165) is 5.56 Å². The third-order valence-electron chi connectivity index (χ3n) is 3.74. The van der Waals surface area contributed by atoms with Gasteiger partial charge in [-0.05, 0) is 42.8 Å². The van der Waals surface area contributed by atoms with Gasteiger partial charge in [-0.2, -0.15) is 0 Å². The lowest BCUT2D eigenvalue weighted by molar-refractivity contribution is -0.146. The minimum atomic E-state index is -1.66. The van der Waals surface area contributed by atoms with Crippen molar-refractivity contribution in [3.63, 3.8) is 0 Å². The molecule has 0 saturated carbocycles. The molecule has 2 N–H and O–H groups in total. The van der Waals surface area contributed by atoms with E-state index in [4.69, 9.17) is 27.9 Å². The number of halogens is 2. The second-order valence-electron chi connectivity index (χ2n) is 5.54. The van der Waals surface area contributed by atoms with Gasteiger partial charge in [0.15, 0.2) is 0 Å². The third-order valence-corrected chi connectivity index (χ3v) is 4.22. The van der Waals surface area contributed by atoms with E-state index >= 15 is 0 Å². The first-order valence-electron chi connectivity index (χ1n) is 7.21. The zero-order valence-electron chi connectivity index (χ0n) is 12.7. The van der Waals surface area contributed by atoms with Crippen molar-refractivity contribution in [2.24, 2.45) is 0 Å². The summed E-state index contributed by atoms with van der Waals surface area (Å²) in [5.41, 5.74) is -0.358. The van der Waals surface area contributed by atoms with E-state index in [1.807, 2.05) is 0 Å². The van der Waals surface area contributed by atoms with Crippen molar-refractivity contribution in [3.8, 4) is 5.75 Å². The van der Waals surface area contributed by atoms with Gasteiger partial charge in [-0.15, -0.1) is 0 Å². The van der Waals surface area contributed by atoms with Crippen LogP contribution in [0.3, 0.4) is 0 Å². The van der Waals surface area contributed by atoms with Gasteiger partial charge in [0.2, 0.25) is 0 Å². The molecule has 0 radical (unpaired) electrons. The van der Waals surface area contributed by atoms with Gasteiger partial charge in [-0.3, -0.25) is 9.59 Å². The Labute approximate surface area is 148 Å². The van der Waals surface area contributed by atoms with Gasteiger partial charge in [-0.25, -0.2) is 0 Å². The molecule has 3 rings (SSSR count). The molecule has 0 aliphatic carbocycles. The topological polar surface area (TPSA) is 67.4 Å². The molecule has 0 fully saturated rings. The Kier molecular flexibility index (Phi) is 4.39. The summed E-state index contributed by atoms with van der Waals surface area (Å²) in [7, 11) is 0. The number of anilines is 1. The third kappa shape index (κ3) is 3.18. The van der Waals surface area contributed by atoms with Crippen molar-refractivity contribution in [1.82, 2.24) is 5.32 Å². The molecular formula is C17H14Cl2N2O3. The largest absolute Gasteiger partial charge is 0.466 e. The maximum absolute atomic E-state index is 12.5. The molecule has 1 heterocycles. The molecule has 2 aromatic carbocycles. The van der Waals surface area contributed by atoms with Crippen LogP contribution in [-0.2, 0) is 16.1 Å². The summed E-state index contributed by atoms with van der Waals surface area (Å²) in [4.78, 5) is 24.8.